The van der Waals surface area contributed by atoms with E-state index in [0.717, 1.165) is 11.3 Å². The zero-order chi connectivity index (χ0) is 22.2. The van der Waals surface area contributed by atoms with Crippen molar-refractivity contribution < 1.29 is 14.1 Å². The second-order valence-electron chi connectivity index (χ2n) is 7.44. The fraction of sp³-hybridized carbons (Fsp3) is 0.190. The topological polar surface area (TPSA) is 105 Å². The number of carbonyl (C=O) groups is 1. The third-order valence-corrected chi connectivity index (χ3v) is 6.61. The first-order valence-electron chi connectivity index (χ1n) is 9.46. The Balaban J connectivity index is 1.65. The maximum Gasteiger partial charge on any atom is 0.229 e. The summed E-state index contributed by atoms with van der Waals surface area (Å²) in [6.45, 7) is 3.42. The standard InChI is InChI=1S/C21H21ClN5O3P/c1-30-17-10-15-12(9-19(28)24-15)8-16(17)26-21-23-11-13(22)20(27-21)25-14-6-4-5-7-18(14)31(2,3)29/h4-8,10-11H,9H2,1-3H3,(H,24,28)(H2,23,25,26,27). The van der Waals surface area contributed by atoms with E-state index in [1.54, 1.807) is 26.5 Å². The van der Waals surface area contributed by atoms with Gasteiger partial charge in [-0.25, -0.2) is 4.98 Å². The Morgan fingerprint density at radius 1 is 1.16 bits per heavy atom. The van der Waals surface area contributed by atoms with Gasteiger partial charge in [-0.1, -0.05) is 23.7 Å². The van der Waals surface area contributed by atoms with Crippen LogP contribution in [0.15, 0.2) is 42.6 Å². The number of carbonyl (C=O) groups excluding carboxylic acids is 1. The fourth-order valence-electron chi connectivity index (χ4n) is 3.33. The Morgan fingerprint density at radius 3 is 2.68 bits per heavy atom. The lowest BCUT2D eigenvalue weighted by Gasteiger charge is -2.16. The highest BCUT2D eigenvalue weighted by Crippen LogP contribution is 2.39. The monoisotopic (exact) mass is 457 g/mol. The van der Waals surface area contributed by atoms with E-state index < -0.39 is 7.14 Å². The number of hydrogen-bond acceptors (Lipinski definition) is 7. The predicted molar refractivity (Wildman–Crippen MR) is 124 cm³/mol. The average molecular weight is 458 g/mol. The number of amides is 1. The van der Waals surface area contributed by atoms with Crippen molar-refractivity contribution in [2.24, 2.45) is 0 Å². The summed E-state index contributed by atoms with van der Waals surface area (Å²) < 4.78 is 18.1. The number of ether oxygens (including phenoxy) is 1. The SMILES string of the molecule is COc1cc2c(cc1Nc1ncc(Cl)c(Nc3ccccc3P(C)(C)=O)n1)CC(=O)N2. The number of fused-ring (bicyclic) bond motifs is 1. The number of hydrogen-bond donors (Lipinski definition) is 3. The lowest BCUT2D eigenvalue weighted by molar-refractivity contribution is -0.115. The molecular weight excluding hydrogens is 437 g/mol. The molecule has 0 unspecified atom stereocenters. The van der Waals surface area contributed by atoms with E-state index in [9.17, 15) is 9.36 Å². The summed E-state index contributed by atoms with van der Waals surface area (Å²) in [6.07, 6.45) is 1.78. The van der Waals surface area contributed by atoms with Crippen LogP contribution in [0.5, 0.6) is 5.75 Å². The smallest absolute Gasteiger partial charge is 0.229 e. The Kier molecular flexibility index (Phi) is 5.60. The van der Waals surface area contributed by atoms with Crippen molar-refractivity contribution in [2.45, 2.75) is 6.42 Å². The second-order valence-corrected chi connectivity index (χ2v) is 11.0. The zero-order valence-corrected chi connectivity index (χ0v) is 18.8. The van der Waals surface area contributed by atoms with Crippen LogP contribution >= 0.6 is 18.7 Å². The molecule has 2 aromatic carbocycles. The van der Waals surface area contributed by atoms with Crippen molar-refractivity contribution >= 4 is 58.8 Å². The maximum atomic E-state index is 12.6. The molecule has 4 rings (SSSR count). The number of benzene rings is 2. The minimum atomic E-state index is -2.51. The molecule has 10 heteroatoms. The van der Waals surface area contributed by atoms with Crippen LogP contribution < -0.4 is 26.0 Å². The lowest BCUT2D eigenvalue weighted by atomic mass is 10.1. The zero-order valence-electron chi connectivity index (χ0n) is 17.2. The van der Waals surface area contributed by atoms with Crippen molar-refractivity contribution in [3.63, 3.8) is 0 Å². The van der Waals surface area contributed by atoms with Crippen LogP contribution in [0.2, 0.25) is 5.02 Å². The molecular formula is C21H21ClN5O3P. The lowest BCUT2D eigenvalue weighted by Crippen LogP contribution is -2.11. The highest BCUT2D eigenvalue weighted by Gasteiger charge is 2.21. The van der Waals surface area contributed by atoms with Crippen LogP contribution in [-0.2, 0) is 15.8 Å². The van der Waals surface area contributed by atoms with E-state index in [1.807, 2.05) is 30.3 Å². The number of anilines is 5. The highest BCUT2D eigenvalue weighted by molar-refractivity contribution is 7.70. The van der Waals surface area contributed by atoms with Crippen LogP contribution in [0, 0.1) is 0 Å². The van der Waals surface area contributed by atoms with Crippen LogP contribution in [0.4, 0.5) is 28.8 Å². The van der Waals surface area contributed by atoms with Crippen LogP contribution in [-0.4, -0.2) is 36.3 Å². The molecule has 31 heavy (non-hydrogen) atoms. The van der Waals surface area contributed by atoms with Gasteiger partial charge in [-0.2, -0.15) is 4.98 Å². The van der Waals surface area contributed by atoms with Crippen molar-refractivity contribution in [3.05, 3.63) is 53.2 Å². The molecule has 0 saturated carbocycles. The normalized spacial score (nSPS) is 12.8. The van der Waals surface area contributed by atoms with Crippen molar-refractivity contribution in [2.75, 3.05) is 36.4 Å². The number of rotatable bonds is 6. The summed E-state index contributed by atoms with van der Waals surface area (Å²) in [6, 6.07) is 10.9. The molecule has 2 heterocycles. The highest BCUT2D eigenvalue weighted by atomic mass is 35.5. The molecule has 0 spiro atoms. The van der Waals surface area contributed by atoms with Gasteiger partial charge in [0.15, 0.2) is 5.82 Å². The summed E-state index contributed by atoms with van der Waals surface area (Å²) in [4.78, 5) is 20.4. The predicted octanol–water partition coefficient (Wildman–Crippen LogP) is 4.37. The van der Waals surface area contributed by atoms with Gasteiger partial charge < -0.3 is 25.3 Å². The minimum absolute atomic E-state index is 0.0637. The Hall–Kier alpha value is -3.09. The number of nitrogens with zero attached hydrogens (tertiary/aromatic N) is 2. The van der Waals surface area contributed by atoms with E-state index in [-0.39, 0.29) is 11.9 Å². The first kappa shape index (κ1) is 21.2. The molecule has 3 N–H and O–H groups in total. The molecule has 8 nitrogen and oxygen atoms in total. The summed E-state index contributed by atoms with van der Waals surface area (Å²) in [5, 5.41) is 10.1. The number of nitrogens with one attached hydrogen (secondary N) is 3. The first-order valence-corrected chi connectivity index (χ1v) is 12.4. The molecule has 0 aliphatic carbocycles. The number of halogens is 1. The Labute approximate surface area is 184 Å². The van der Waals surface area contributed by atoms with Gasteiger partial charge in [0.05, 0.1) is 31.1 Å². The summed E-state index contributed by atoms with van der Waals surface area (Å²) >= 11 is 6.31. The van der Waals surface area contributed by atoms with E-state index >= 15 is 0 Å². The Morgan fingerprint density at radius 2 is 1.94 bits per heavy atom. The molecule has 0 radical (unpaired) electrons. The van der Waals surface area contributed by atoms with Gasteiger partial charge >= 0.3 is 0 Å². The molecule has 1 amide bonds. The van der Waals surface area contributed by atoms with Crippen LogP contribution in [0.25, 0.3) is 0 Å². The van der Waals surface area contributed by atoms with Gasteiger partial charge in [0.2, 0.25) is 11.9 Å². The summed E-state index contributed by atoms with van der Waals surface area (Å²) in [5.74, 6) is 1.14. The molecule has 0 fully saturated rings. The van der Waals surface area contributed by atoms with E-state index in [1.165, 1.54) is 6.20 Å². The van der Waals surface area contributed by atoms with Gasteiger partial charge in [-0.15, -0.1) is 0 Å². The molecule has 3 aromatic rings. The van der Waals surface area contributed by atoms with E-state index in [2.05, 4.69) is 25.9 Å². The van der Waals surface area contributed by atoms with Crippen LogP contribution in [0.3, 0.4) is 0 Å². The maximum absolute atomic E-state index is 12.6. The molecule has 160 valence electrons. The Bertz CT molecular complexity index is 1230. The minimum Gasteiger partial charge on any atom is -0.494 e. The van der Waals surface area contributed by atoms with Gasteiger partial charge in [0.25, 0.3) is 0 Å². The summed E-state index contributed by atoms with van der Waals surface area (Å²) in [5.41, 5.74) is 2.88. The van der Waals surface area contributed by atoms with Crippen molar-refractivity contribution in [1.29, 1.82) is 0 Å². The quantitative estimate of drug-likeness (QED) is 0.472. The van der Waals surface area contributed by atoms with Crippen molar-refractivity contribution in [3.8, 4) is 5.75 Å². The molecule has 0 bridgehead atoms. The molecule has 1 aromatic heterocycles. The first-order chi connectivity index (χ1) is 14.7. The number of para-hydroxylation sites is 1. The molecule has 0 saturated heterocycles. The van der Waals surface area contributed by atoms with Gasteiger partial charge in [0.1, 0.15) is 17.9 Å². The van der Waals surface area contributed by atoms with Gasteiger partial charge in [-0.05, 0) is 37.1 Å². The van der Waals surface area contributed by atoms with E-state index in [4.69, 9.17) is 16.3 Å². The van der Waals surface area contributed by atoms with Gasteiger partial charge in [-0.3, -0.25) is 4.79 Å². The molecule has 1 aliphatic rings. The average Bonchev–Trinajstić information content (AvgIpc) is 3.08. The second kappa shape index (κ2) is 8.21. The van der Waals surface area contributed by atoms with Crippen molar-refractivity contribution in [1.82, 2.24) is 9.97 Å². The van der Waals surface area contributed by atoms with Crippen LogP contribution in [0.1, 0.15) is 5.56 Å². The largest absolute Gasteiger partial charge is 0.494 e. The number of methoxy groups -OCH3 is 1. The number of aromatic nitrogens is 2. The molecule has 1 aliphatic heterocycles. The van der Waals surface area contributed by atoms with E-state index in [0.29, 0.717) is 39.7 Å². The third kappa shape index (κ3) is 4.50. The van der Waals surface area contributed by atoms with Gasteiger partial charge in [0, 0.05) is 17.1 Å². The summed E-state index contributed by atoms with van der Waals surface area (Å²) in [7, 11) is -0.967. The third-order valence-electron chi connectivity index (χ3n) is 4.78. The fourth-order valence-corrected chi connectivity index (χ4v) is 4.63. The molecule has 0 atom stereocenters.